The highest BCUT2D eigenvalue weighted by molar-refractivity contribution is 6.30. The lowest BCUT2D eigenvalue weighted by Gasteiger charge is -2.39. The Morgan fingerprint density at radius 2 is 1.62 bits per heavy atom. The number of fused-ring (bicyclic) bond motifs is 1. The summed E-state index contributed by atoms with van der Waals surface area (Å²) in [7, 11) is 0. The van der Waals surface area contributed by atoms with Crippen molar-refractivity contribution in [1.82, 2.24) is 15.1 Å². The highest BCUT2D eigenvalue weighted by atomic mass is 35.5. The Bertz CT molecular complexity index is 1930. The number of carbonyl (C=O) groups is 3. The molecule has 1 aliphatic carbocycles. The number of rotatable bonds is 9. The predicted octanol–water partition coefficient (Wildman–Crippen LogP) is 6.31. The molecular weight excluding hydrogens is 652 g/mol. The van der Waals surface area contributed by atoms with Crippen molar-refractivity contribution in [2.45, 2.75) is 69.9 Å². The van der Waals surface area contributed by atoms with E-state index in [-0.39, 0.29) is 29.4 Å². The first-order chi connectivity index (χ1) is 24.3. The maximum Gasteiger partial charge on any atom is 0.287 e. The number of carbonyl (C=O) groups excluding carboxylic acids is 3. The summed E-state index contributed by atoms with van der Waals surface area (Å²) in [5, 5.41) is 3.94. The number of anilines is 1. The Morgan fingerprint density at radius 1 is 0.860 bits per heavy atom. The van der Waals surface area contributed by atoms with Crippen LogP contribution < -0.4 is 15.6 Å². The minimum absolute atomic E-state index is 0.126. The van der Waals surface area contributed by atoms with E-state index in [4.69, 9.17) is 16.0 Å². The molecule has 0 bridgehead atoms. The van der Waals surface area contributed by atoms with Crippen LogP contribution in [-0.2, 0) is 22.6 Å². The third-order valence-electron chi connectivity index (χ3n) is 10.5. The Balaban J connectivity index is 1.06. The van der Waals surface area contributed by atoms with Crippen molar-refractivity contribution >= 4 is 46.0 Å². The highest BCUT2D eigenvalue weighted by Crippen LogP contribution is 2.35. The van der Waals surface area contributed by atoms with Crippen LogP contribution in [0.1, 0.15) is 78.1 Å². The molecule has 3 aromatic carbocycles. The van der Waals surface area contributed by atoms with E-state index in [9.17, 15) is 19.2 Å². The van der Waals surface area contributed by atoms with Crippen LogP contribution in [0.2, 0.25) is 5.02 Å². The molecule has 3 amide bonds. The van der Waals surface area contributed by atoms with Crippen LogP contribution in [0.15, 0.2) is 82.0 Å². The number of piperidine rings is 1. The summed E-state index contributed by atoms with van der Waals surface area (Å²) < 4.78 is 5.96. The summed E-state index contributed by atoms with van der Waals surface area (Å²) in [4.78, 5) is 59.5. The molecule has 3 fully saturated rings. The molecule has 2 saturated heterocycles. The zero-order valence-corrected chi connectivity index (χ0v) is 29.0. The van der Waals surface area contributed by atoms with Crippen molar-refractivity contribution in [3.05, 3.63) is 110 Å². The fourth-order valence-corrected chi connectivity index (χ4v) is 7.79. The Morgan fingerprint density at radius 3 is 2.38 bits per heavy atom. The van der Waals surface area contributed by atoms with Gasteiger partial charge in [-0.3, -0.25) is 19.2 Å². The number of piperazine rings is 1. The number of para-hydroxylation sites is 1. The fraction of sp³-hybridized carbons (Fsp3) is 0.400. The number of hydrogen-bond acceptors (Lipinski definition) is 6. The molecule has 10 heteroatoms. The predicted molar refractivity (Wildman–Crippen MR) is 195 cm³/mol. The Kier molecular flexibility index (Phi) is 10.2. The van der Waals surface area contributed by atoms with Crippen molar-refractivity contribution < 1.29 is 18.8 Å². The summed E-state index contributed by atoms with van der Waals surface area (Å²) in [6.07, 6.45) is 7.44. The molecule has 0 unspecified atom stereocenters. The van der Waals surface area contributed by atoms with E-state index in [2.05, 4.69) is 22.3 Å². The second kappa shape index (κ2) is 15.1. The van der Waals surface area contributed by atoms with E-state index in [0.717, 1.165) is 54.6 Å². The summed E-state index contributed by atoms with van der Waals surface area (Å²) in [5.74, 6) is -0.297. The molecule has 9 nitrogen and oxygen atoms in total. The third kappa shape index (κ3) is 7.58. The second-order valence-corrected chi connectivity index (χ2v) is 14.2. The molecule has 0 spiro atoms. The molecule has 1 saturated carbocycles. The van der Waals surface area contributed by atoms with Gasteiger partial charge in [-0.2, -0.15) is 0 Å². The topological polar surface area (TPSA) is 103 Å². The van der Waals surface area contributed by atoms with E-state index in [0.29, 0.717) is 61.1 Å². The quantitative estimate of drug-likeness (QED) is 0.221. The molecule has 50 heavy (non-hydrogen) atoms. The molecular formula is C40H43ClN4O5. The molecule has 1 N–H and O–H groups in total. The number of nitrogens with zero attached hydrogens (tertiary/aromatic N) is 3. The van der Waals surface area contributed by atoms with Gasteiger partial charge in [0.2, 0.25) is 11.8 Å². The number of likely N-dealkylation sites (tertiary alicyclic amines) is 1. The molecule has 3 aliphatic rings. The van der Waals surface area contributed by atoms with Gasteiger partial charge in [0.15, 0.2) is 11.2 Å². The van der Waals surface area contributed by atoms with Gasteiger partial charge >= 0.3 is 0 Å². The van der Waals surface area contributed by atoms with Crippen molar-refractivity contribution in [3.63, 3.8) is 0 Å². The van der Waals surface area contributed by atoms with E-state index in [1.54, 1.807) is 23.1 Å². The number of nitrogens with one attached hydrogen (secondary N) is 1. The number of benzene rings is 3. The SMILES string of the molecule is O=C(N[C@H](Cc1ccc(Cl)cc1)C(=O)N1CCN(c2ccccc2CN2CCCCC2=O)CC1)c1cc(=O)c2cc(C3CCCC3)ccc2o1. The van der Waals surface area contributed by atoms with E-state index >= 15 is 0 Å². The van der Waals surface area contributed by atoms with Crippen LogP contribution in [0.5, 0.6) is 0 Å². The minimum Gasteiger partial charge on any atom is -0.451 e. The van der Waals surface area contributed by atoms with Crippen LogP contribution in [-0.4, -0.2) is 66.3 Å². The maximum absolute atomic E-state index is 14.1. The highest BCUT2D eigenvalue weighted by Gasteiger charge is 2.31. The molecule has 260 valence electrons. The number of hydrogen-bond donors (Lipinski definition) is 1. The van der Waals surface area contributed by atoms with Crippen molar-refractivity contribution in [1.29, 1.82) is 0 Å². The van der Waals surface area contributed by atoms with Gasteiger partial charge < -0.3 is 24.4 Å². The lowest BCUT2D eigenvalue weighted by Crippen LogP contribution is -2.55. The molecule has 3 heterocycles. The van der Waals surface area contributed by atoms with E-state index in [1.165, 1.54) is 18.9 Å². The third-order valence-corrected chi connectivity index (χ3v) is 10.7. The van der Waals surface area contributed by atoms with Crippen LogP contribution in [0.4, 0.5) is 5.69 Å². The summed E-state index contributed by atoms with van der Waals surface area (Å²) >= 11 is 6.13. The number of amides is 3. The number of halogens is 1. The largest absolute Gasteiger partial charge is 0.451 e. The summed E-state index contributed by atoms with van der Waals surface area (Å²) in [6.45, 7) is 3.52. The van der Waals surface area contributed by atoms with Gasteiger partial charge in [-0.1, -0.05) is 60.8 Å². The average molecular weight is 695 g/mol. The first-order valence-electron chi connectivity index (χ1n) is 17.8. The average Bonchev–Trinajstić information content (AvgIpc) is 3.68. The van der Waals surface area contributed by atoms with Crippen LogP contribution >= 0.6 is 11.6 Å². The molecule has 1 atom stereocenters. The minimum atomic E-state index is -0.890. The molecule has 4 aromatic rings. The molecule has 1 aromatic heterocycles. The zero-order valence-electron chi connectivity index (χ0n) is 28.2. The fourth-order valence-electron chi connectivity index (χ4n) is 7.66. The van der Waals surface area contributed by atoms with Gasteiger partial charge in [-0.25, -0.2) is 0 Å². The first kappa shape index (κ1) is 33.8. The van der Waals surface area contributed by atoms with Gasteiger partial charge in [0, 0.05) is 68.9 Å². The normalized spacial score (nSPS) is 17.7. The van der Waals surface area contributed by atoms with Crippen molar-refractivity contribution in [3.8, 4) is 0 Å². The van der Waals surface area contributed by atoms with Gasteiger partial charge in [-0.15, -0.1) is 0 Å². The Labute approximate surface area is 297 Å². The molecule has 7 rings (SSSR count). The smallest absolute Gasteiger partial charge is 0.287 e. The molecule has 0 radical (unpaired) electrons. The van der Waals surface area contributed by atoms with Gasteiger partial charge in [0.1, 0.15) is 11.6 Å². The van der Waals surface area contributed by atoms with E-state index < -0.39 is 11.9 Å². The lowest BCUT2D eigenvalue weighted by atomic mass is 9.96. The second-order valence-electron chi connectivity index (χ2n) is 13.8. The first-order valence-corrected chi connectivity index (χ1v) is 18.2. The Hall–Kier alpha value is -4.63. The van der Waals surface area contributed by atoms with Gasteiger partial charge in [0.05, 0.1) is 5.39 Å². The molecule has 2 aliphatic heterocycles. The van der Waals surface area contributed by atoms with Crippen molar-refractivity contribution in [2.24, 2.45) is 0 Å². The summed E-state index contributed by atoms with van der Waals surface area (Å²) in [6, 6.07) is 21.4. The monoisotopic (exact) mass is 694 g/mol. The maximum atomic E-state index is 14.1. The van der Waals surface area contributed by atoms with Gasteiger partial charge in [-0.05, 0) is 78.6 Å². The van der Waals surface area contributed by atoms with Crippen LogP contribution in [0, 0.1) is 0 Å². The lowest BCUT2D eigenvalue weighted by molar-refractivity contribution is -0.134. The standard InChI is InChI=1S/C40H43ClN4O5/c41-31-15-12-27(13-16-31)23-33(42-39(48)37-25-35(46)32-24-29(14-17-36(32)50-37)28-7-1-2-8-28)40(49)44-21-19-43(20-22-44)34-10-4-3-9-30(34)26-45-18-6-5-11-38(45)47/h3-4,9-10,12-17,24-25,28,33H,1-2,5-8,11,18-23,26H2,(H,42,48)/t33-/m1/s1. The van der Waals surface area contributed by atoms with E-state index in [1.807, 2.05) is 41.3 Å². The zero-order chi connectivity index (χ0) is 34.6. The van der Waals surface area contributed by atoms with Crippen molar-refractivity contribution in [2.75, 3.05) is 37.6 Å². The van der Waals surface area contributed by atoms with Crippen LogP contribution in [0.25, 0.3) is 11.0 Å². The summed E-state index contributed by atoms with van der Waals surface area (Å²) in [5.41, 5.74) is 4.22. The van der Waals surface area contributed by atoms with Crippen LogP contribution in [0.3, 0.4) is 0 Å². The van der Waals surface area contributed by atoms with Gasteiger partial charge in [0.25, 0.3) is 5.91 Å².